The zero-order valence-electron chi connectivity index (χ0n) is 10.3. The van der Waals surface area contributed by atoms with Crippen molar-refractivity contribution >= 4 is 11.8 Å². The van der Waals surface area contributed by atoms with Crippen molar-refractivity contribution in [3.63, 3.8) is 0 Å². The molecule has 0 bridgehead atoms. The molecule has 0 aromatic carbocycles. The minimum atomic E-state index is -0.132. The highest BCUT2D eigenvalue weighted by Gasteiger charge is 2.18. The molecule has 1 saturated heterocycles. The van der Waals surface area contributed by atoms with Crippen molar-refractivity contribution < 1.29 is 4.52 Å². The topological polar surface area (TPSA) is 68.2 Å². The zero-order chi connectivity index (χ0) is 12.1. The third-order valence-electron chi connectivity index (χ3n) is 2.99. The van der Waals surface area contributed by atoms with E-state index in [2.05, 4.69) is 15.0 Å². The maximum Gasteiger partial charge on any atom is 0.236 e. The van der Waals surface area contributed by atoms with E-state index in [-0.39, 0.29) is 6.04 Å². The van der Waals surface area contributed by atoms with Gasteiger partial charge in [-0.1, -0.05) is 11.6 Å². The van der Waals surface area contributed by atoms with E-state index in [1.807, 2.05) is 6.26 Å². The van der Waals surface area contributed by atoms with Crippen molar-refractivity contribution in [1.82, 2.24) is 15.0 Å². The first-order valence-corrected chi connectivity index (χ1v) is 7.48. The van der Waals surface area contributed by atoms with E-state index in [1.165, 1.54) is 19.3 Å². The van der Waals surface area contributed by atoms with Gasteiger partial charge in [0.05, 0.1) is 11.8 Å². The maximum atomic E-state index is 6.10. The summed E-state index contributed by atoms with van der Waals surface area (Å²) in [6.45, 7) is 3.12. The molecule has 2 N–H and O–H groups in total. The average molecular weight is 256 g/mol. The molecule has 1 aliphatic heterocycles. The number of hydrogen-bond donors (Lipinski definition) is 1. The van der Waals surface area contributed by atoms with Crippen molar-refractivity contribution in [3.8, 4) is 0 Å². The third kappa shape index (κ3) is 3.69. The van der Waals surface area contributed by atoms with Gasteiger partial charge in [0.2, 0.25) is 5.89 Å². The number of piperidine rings is 1. The molecule has 1 aromatic heterocycles. The van der Waals surface area contributed by atoms with Crippen LogP contribution in [0.15, 0.2) is 4.52 Å². The van der Waals surface area contributed by atoms with E-state index in [0.717, 1.165) is 25.4 Å². The van der Waals surface area contributed by atoms with Gasteiger partial charge in [-0.05, 0) is 32.2 Å². The highest BCUT2D eigenvalue weighted by molar-refractivity contribution is 7.97. The average Bonchev–Trinajstić information content (AvgIpc) is 2.79. The molecule has 2 heterocycles. The Morgan fingerprint density at radius 2 is 2.18 bits per heavy atom. The second-order valence-electron chi connectivity index (χ2n) is 4.45. The minimum absolute atomic E-state index is 0.132. The predicted molar refractivity (Wildman–Crippen MR) is 68.7 cm³/mol. The predicted octanol–water partition coefficient (Wildman–Crippen LogP) is 1.42. The van der Waals surface area contributed by atoms with Gasteiger partial charge in [0, 0.05) is 6.54 Å². The van der Waals surface area contributed by atoms with Crippen LogP contribution in [0.3, 0.4) is 0 Å². The smallest absolute Gasteiger partial charge is 0.236 e. The van der Waals surface area contributed by atoms with E-state index in [1.54, 1.807) is 11.8 Å². The lowest BCUT2D eigenvalue weighted by Gasteiger charge is -2.27. The molecule has 96 valence electrons. The molecule has 0 amide bonds. The number of thioether (sulfide) groups is 1. The fraction of sp³-hybridized carbons (Fsp3) is 0.818. The molecule has 0 aliphatic carbocycles. The summed E-state index contributed by atoms with van der Waals surface area (Å²) in [5.74, 6) is 2.06. The lowest BCUT2D eigenvalue weighted by molar-refractivity contribution is 0.213. The van der Waals surface area contributed by atoms with E-state index in [4.69, 9.17) is 10.3 Å². The van der Waals surface area contributed by atoms with Gasteiger partial charge < -0.3 is 15.2 Å². The van der Waals surface area contributed by atoms with Crippen LogP contribution in [0.1, 0.15) is 37.0 Å². The van der Waals surface area contributed by atoms with Crippen LogP contribution in [0.25, 0.3) is 0 Å². The summed E-state index contributed by atoms with van der Waals surface area (Å²) in [5, 5.41) is 3.95. The highest BCUT2D eigenvalue weighted by atomic mass is 32.2. The van der Waals surface area contributed by atoms with Gasteiger partial charge in [-0.3, -0.25) is 0 Å². The summed E-state index contributed by atoms with van der Waals surface area (Å²) in [5.41, 5.74) is 6.10. The van der Waals surface area contributed by atoms with Crippen molar-refractivity contribution in [2.24, 2.45) is 5.73 Å². The molecule has 1 aliphatic rings. The first-order chi connectivity index (χ1) is 8.29. The van der Waals surface area contributed by atoms with Gasteiger partial charge in [0.25, 0.3) is 0 Å². The van der Waals surface area contributed by atoms with Crippen LogP contribution in [0.2, 0.25) is 0 Å². The Kier molecular flexibility index (Phi) is 4.82. The quantitative estimate of drug-likeness (QED) is 0.859. The van der Waals surface area contributed by atoms with Crippen LogP contribution in [0.5, 0.6) is 0 Å². The van der Waals surface area contributed by atoms with Crippen LogP contribution in [0.4, 0.5) is 0 Å². The van der Waals surface area contributed by atoms with Gasteiger partial charge in [-0.15, -0.1) is 0 Å². The largest absolute Gasteiger partial charge is 0.338 e. The standard InChI is InChI=1S/C11H20N4OS/c1-17-8-10-13-11(14-16-10)9(12)7-15-5-3-2-4-6-15/h9H,2-8,12H2,1H3. The zero-order valence-corrected chi connectivity index (χ0v) is 11.1. The molecule has 1 atom stereocenters. The Labute approximate surface area is 106 Å². The Hall–Kier alpha value is -0.590. The van der Waals surface area contributed by atoms with E-state index < -0.39 is 0 Å². The van der Waals surface area contributed by atoms with Crippen LogP contribution in [-0.2, 0) is 5.75 Å². The van der Waals surface area contributed by atoms with E-state index in [0.29, 0.717) is 11.7 Å². The van der Waals surface area contributed by atoms with Crippen LogP contribution in [0, 0.1) is 0 Å². The van der Waals surface area contributed by atoms with Gasteiger partial charge in [0.15, 0.2) is 5.82 Å². The summed E-state index contributed by atoms with van der Waals surface area (Å²) in [6.07, 6.45) is 5.90. The lowest BCUT2D eigenvalue weighted by atomic mass is 10.1. The molecular weight excluding hydrogens is 236 g/mol. The Morgan fingerprint density at radius 1 is 1.41 bits per heavy atom. The SMILES string of the molecule is CSCc1nc(C(N)CN2CCCCC2)no1. The van der Waals surface area contributed by atoms with Crippen LogP contribution < -0.4 is 5.73 Å². The number of hydrogen-bond acceptors (Lipinski definition) is 6. The van der Waals surface area contributed by atoms with Crippen molar-refractivity contribution in [1.29, 1.82) is 0 Å². The summed E-state index contributed by atoms with van der Waals surface area (Å²) in [7, 11) is 0. The monoisotopic (exact) mass is 256 g/mol. The molecular formula is C11H20N4OS. The number of aromatic nitrogens is 2. The lowest BCUT2D eigenvalue weighted by Crippen LogP contribution is -2.36. The van der Waals surface area contributed by atoms with Crippen molar-refractivity contribution in [2.75, 3.05) is 25.9 Å². The van der Waals surface area contributed by atoms with Crippen LogP contribution >= 0.6 is 11.8 Å². The third-order valence-corrected chi connectivity index (χ3v) is 3.52. The summed E-state index contributed by atoms with van der Waals surface area (Å²) in [6, 6.07) is -0.132. The first-order valence-electron chi connectivity index (χ1n) is 6.09. The minimum Gasteiger partial charge on any atom is -0.338 e. The molecule has 5 nitrogen and oxygen atoms in total. The Morgan fingerprint density at radius 3 is 2.88 bits per heavy atom. The summed E-state index contributed by atoms with van der Waals surface area (Å²) < 4.78 is 5.13. The Bertz CT molecular complexity index is 338. The normalized spacial score (nSPS) is 19.4. The van der Waals surface area contributed by atoms with Gasteiger partial charge >= 0.3 is 0 Å². The molecule has 1 unspecified atom stereocenters. The second kappa shape index (κ2) is 6.37. The molecule has 0 radical (unpaired) electrons. The molecule has 6 heteroatoms. The number of nitrogens with zero attached hydrogens (tertiary/aromatic N) is 3. The first kappa shape index (κ1) is 12.9. The number of rotatable bonds is 5. The van der Waals surface area contributed by atoms with Gasteiger partial charge in [0.1, 0.15) is 0 Å². The summed E-state index contributed by atoms with van der Waals surface area (Å²) >= 11 is 1.67. The van der Waals surface area contributed by atoms with Crippen molar-refractivity contribution in [3.05, 3.63) is 11.7 Å². The molecule has 0 saturated carbocycles. The second-order valence-corrected chi connectivity index (χ2v) is 5.31. The Balaban J connectivity index is 1.86. The fourth-order valence-electron chi connectivity index (χ4n) is 2.10. The van der Waals surface area contributed by atoms with Gasteiger partial charge in [-0.25, -0.2) is 0 Å². The van der Waals surface area contributed by atoms with Gasteiger partial charge in [-0.2, -0.15) is 16.7 Å². The van der Waals surface area contributed by atoms with Crippen LogP contribution in [-0.4, -0.2) is 40.9 Å². The maximum absolute atomic E-state index is 6.10. The molecule has 1 aromatic rings. The summed E-state index contributed by atoms with van der Waals surface area (Å²) in [4.78, 5) is 6.70. The molecule has 1 fully saturated rings. The molecule has 2 rings (SSSR count). The molecule has 0 spiro atoms. The van der Waals surface area contributed by atoms with E-state index >= 15 is 0 Å². The highest BCUT2D eigenvalue weighted by Crippen LogP contribution is 2.14. The molecule has 17 heavy (non-hydrogen) atoms. The number of likely N-dealkylation sites (tertiary alicyclic amines) is 1. The van der Waals surface area contributed by atoms with Crippen molar-refractivity contribution in [2.45, 2.75) is 31.1 Å². The number of nitrogens with two attached hydrogens (primary N) is 1. The fourth-order valence-corrected chi connectivity index (χ4v) is 2.47. The van der Waals surface area contributed by atoms with E-state index in [9.17, 15) is 0 Å².